The number of nitrogens with zero attached hydrogens (tertiary/aromatic N) is 2. The molecule has 0 aliphatic heterocycles. The summed E-state index contributed by atoms with van der Waals surface area (Å²) in [6.45, 7) is 10.6. The maximum Gasteiger partial charge on any atom is 0.188 e. The molecule has 0 aliphatic rings. The van der Waals surface area contributed by atoms with Crippen molar-refractivity contribution in [3.8, 4) is 0 Å². The number of nitrogens with two attached hydrogens (primary N) is 1. The summed E-state index contributed by atoms with van der Waals surface area (Å²) in [7, 11) is 0. The van der Waals surface area contributed by atoms with Gasteiger partial charge in [0.2, 0.25) is 0 Å². The summed E-state index contributed by atoms with van der Waals surface area (Å²) in [6.07, 6.45) is 0.799. The lowest BCUT2D eigenvalue weighted by molar-refractivity contribution is 0.392. The van der Waals surface area contributed by atoms with Gasteiger partial charge in [-0.05, 0) is 41.0 Å². The van der Waals surface area contributed by atoms with E-state index in [-0.39, 0.29) is 29.5 Å². The molecule has 1 aromatic heterocycles. The van der Waals surface area contributed by atoms with Gasteiger partial charge in [-0.2, -0.15) is 0 Å². The average molecular weight is 366 g/mol. The minimum atomic E-state index is -0.0589. The quantitative estimate of drug-likeness (QED) is 0.488. The second-order valence-electron chi connectivity index (χ2n) is 5.19. The molecular weight excluding hydrogens is 343 g/mol. The van der Waals surface area contributed by atoms with E-state index in [1.165, 1.54) is 0 Å². The third-order valence-corrected chi connectivity index (χ3v) is 2.33. The van der Waals surface area contributed by atoms with E-state index in [0.717, 1.165) is 23.4 Å². The maximum absolute atomic E-state index is 5.78. The molecule has 18 heavy (non-hydrogen) atoms. The summed E-state index contributed by atoms with van der Waals surface area (Å²) in [5, 5.41) is 7.02. The van der Waals surface area contributed by atoms with Crippen LogP contribution in [0.1, 0.15) is 37.8 Å². The van der Waals surface area contributed by atoms with E-state index in [2.05, 4.69) is 15.5 Å². The van der Waals surface area contributed by atoms with E-state index < -0.39 is 0 Å². The van der Waals surface area contributed by atoms with Gasteiger partial charge in [0.1, 0.15) is 5.76 Å². The van der Waals surface area contributed by atoms with E-state index in [9.17, 15) is 0 Å². The lowest BCUT2D eigenvalue weighted by Gasteiger charge is -2.20. The molecule has 0 saturated carbocycles. The van der Waals surface area contributed by atoms with Gasteiger partial charge in [-0.25, -0.2) is 0 Å². The second kappa shape index (κ2) is 6.96. The Kier molecular flexibility index (Phi) is 6.66. The molecule has 6 heteroatoms. The highest BCUT2D eigenvalue weighted by Crippen LogP contribution is 2.12. The molecule has 1 rings (SSSR count). The first-order chi connectivity index (χ1) is 7.79. The van der Waals surface area contributed by atoms with Crippen LogP contribution in [0.25, 0.3) is 0 Å². The molecule has 0 bridgehead atoms. The highest BCUT2D eigenvalue weighted by atomic mass is 127. The van der Waals surface area contributed by atoms with E-state index >= 15 is 0 Å². The van der Waals surface area contributed by atoms with Gasteiger partial charge in [0.05, 0.1) is 5.69 Å². The SMILES string of the molecule is Cc1noc(C)c1CCN=C(N)NC(C)(C)C.I. The van der Waals surface area contributed by atoms with E-state index in [1.54, 1.807) is 0 Å². The van der Waals surface area contributed by atoms with Crippen molar-refractivity contribution in [2.75, 3.05) is 6.54 Å². The number of nitrogens with one attached hydrogen (secondary N) is 1. The fourth-order valence-electron chi connectivity index (χ4n) is 1.57. The van der Waals surface area contributed by atoms with Crippen LogP contribution in [0.2, 0.25) is 0 Å². The van der Waals surface area contributed by atoms with Gasteiger partial charge in [-0.1, -0.05) is 5.16 Å². The summed E-state index contributed by atoms with van der Waals surface area (Å²) < 4.78 is 5.09. The molecule has 1 aromatic rings. The zero-order chi connectivity index (χ0) is 13.1. The van der Waals surface area contributed by atoms with Gasteiger partial charge in [0.15, 0.2) is 5.96 Å². The molecule has 104 valence electrons. The normalized spacial score (nSPS) is 12.2. The van der Waals surface area contributed by atoms with Crippen LogP contribution in [-0.4, -0.2) is 23.2 Å². The van der Waals surface area contributed by atoms with Gasteiger partial charge >= 0.3 is 0 Å². The second-order valence-corrected chi connectivity index (χ2v) is 5.19. The molecule has 0 aromatic carbocycles. The first-order valence-corrected chi connectivity index (χ1v) is 5.79. The van der Waals surface area contributed by atoms with Crippen LogP contribution in [0.3, 0.4) is 0 Å². The van der Waals surface area contributed by atoms with Crippen molar-refractivity contribution >= 4 is 29.9 Å². The number of hydrogen-bond donors (Lipinski definition) is 2. The Labute approximate surface area is 126 Å². The minimum Gasteiger partial charge on any atom is -0.370 e. The van der Waals surface area contributed by atoms with Crippen molar-refractivity contribution in [3.63, 3.8) is 0 Å². The molecule has 0 radical (unpaired) electrons. The van der Waals surface area contributed by atoms with Gasteiger partial charge in [-0.15, -0.1) is 24.0 Å². The van der Waals surface area contributed by atoms with Gasteiger partial charge < -0.3 is 15.6 Å². The monoisotopic (exact) mass is 366 g/mol. The van der Waals surface area contributed by atoms with Gasteiger partial charge in [-0.3, -0.25) is 4.99 Å². The third kappa shape index (κ3) is 5.70. The summed E-state index contributed by atoms with van der Waals surface area (Å²) in [6, 6.07) is 0. The third-order valence-electron chi connectivity index (χ3n) is 2.33. The van der Waals surface area contributed by atoms with Crippen molar-refractivity contribution < 1.29 is 4.52 Å². The first-order valence-electron chi connectivity index (χ1n) is 5.79. The Morgan fingerprint density at radius 3 is 2.44 bits per heavy atom. The molecule has 0 saturated heterocycles. The Morgan fingerprint density at radius 1 is 1.39 bits per heavy atom. The predicted molar refractivity (Wildman–Crippen MR) is 84.5 cm³/mol. The fourth-order valence-corrected chi connectivity index (χ4v) is 1.57. The standard InChI is InChI=1S/C12H22N4O.HI/c1-8-10(9(2)17-16-8)6-7-14-11(13)15-12(3,4)5;/h6-7H2,1-5H3,(H3,13,14,15);1H. The van der Waals surface area contributed by atoms with Crippen LogP contribution >= 0.6 is 24.0 Å². The van der Waals surface area contributed by atoms with Crippen molar-refractivity contribution in [1.29, 1.82) is 0 Å². The fraction of sp³-hybridized carbons (Fsp3) is 0.667. The highest BCUT2D eigenvalue weighted by Gasteiger charge is 2.10. The van der Waals surface area contributed by atoms with E-state index in [1.807, 2.05) is 34.6 Å². The number of aromatic nitrogens is 1. The lowest BCUT2D eigenvalue weighted by atomic mass is 10.1. The predicted octanol–water partition coefficient (Wildman–Crippen LogP) is 2.15. The zero-order valence-electron chi connectivity index (χ0n) is 11.7. The molecule has 0 fully saturated rings. The molecule has 0 aliphatic carbocycles. The first kappa shape index (κ1) is 17.2. The summed E-state index contributed by atoms with van der Waals surface area (Å²) in [5.74, 6) is 1.34. The molecule has 0 spiro atoms. The van der Waals surface area contributed by atoms with Gasteiger partial charge in [0.25, 0.3) is 0 Å². The lowest BCUT2D eigenvalue weighted by Crippen LogP contribution is -2.45. The van der Waals surface area contributed by atoms with Crippen LogP contribution in [0.15, 0.2) is 9.52 Å². The number of aryl methyl sites for hydroxylation is 2. The maximum atomic E-state index is 5.78. The molecule has 1 heterocycles. The number of aliphatic imine (C=N–C) groups is 1. The Balaban J connectivity index is 0.00000289. The van der Waals surface area contributed by atoms with Crippen molar-refractivity contribution in [2.24, 2.45) is 10.7 Å². The highest BCUT2D eigenvalue weighted by molar-refractivity contribution is 14.0. The van der Waals surface area contributed by atoms with Crippen molar-refractivity contribution in [2.45, 2.75) is 46.6 Å². The molecule has 0 atom stereocenters. The van der Waals surface area contributed by atoms with Crippen LogP contribution in [0.4, 0.5) is 0 Å². The molecule has 0 amide bonds. The number of hydrogen-bond acceptors (Lipinski definition) is 3. The van der Waals surface area contributed by atoms with Crippen molar-refractivity contribution in [3.05, 3.63) is 17.0 Å². The Bertz CT molecular complexity index is 387. The zero-order valence-corrected chi connectivity index (χ0v) is 14.0. The van der Waals surface area contributed by atoms with Crippen molar-refractivity contribution in [1.82, 2.24) is 10.5 Å². The topological polar surface area (TPSA) is 76.4 Å². The van der Waals surface area contributed by atoms with Crippen LogP contribution in [0, 0.1) is 13.8 Å². The van der Waals surface area contributed by atoms with Gasteiger partial charge in [0, 0.05) is 17.6 Å². The van der Waals surface area contributed by atoms with E-state index in [0.29, 0.717) is 12.5 Å². The smallest absolute Gasteiger partial charge is 0.188 e. The Morgan fingerprint density at radius 2 is 2.00 bits per heavy atom. The minimum absolute atomic E-state index is 0. The van der Waals surface area contributed by atoms with Crippen LogP contribution in [0.5, 0.6) is 0 Å². The van der Waals surface area contributed by atoms with E-state index in [4.69, 9.17) is 10.3 Å². The van der Waals surface area contributed by atoms with Crippen LogP contribution in [-0.2, 0) is 6.42 Å². The van der Waals surface area contributed by atoms with Crippen LogP contribution < -0.4 is 11.1 Å². The summed E-state index contributed by atoms with van der Waals surface area (Å²) in [5.41, 5.74) is 7.77. The number of rotatable bonds is 3. The molecule has 5 nitrogen and oxygen atoms in total. The molecular formula is C12H23IN4O. The number of guanidine groups is 1. The average Bonchev–Trinajstić information content (AvgIpc) is 2.46. The Hall–Kier alpha value is -0.790. The molecule has 0 unspecified atom stereocenters. The largest absolute Gasteiger partial charge is 0.370 e. The number of halogens is 1. The molecule has 3 N–H and O–H groups in total. The summed E-state index contributed by atoms with van der Waals surface area (Å²) in [4.78, 5) is 4.28. The summed E-state index contributed by atoms with van der Waals surface area (Å²) >= 11 is 0.